The van der Waals surface area contributed by atoms with Gasteiger partial charge >= 0.3 is 0 Å². The van der Waals surface area contributed by atoms with Gasteiger partial charge in [-0.25, -0.2) is 0 Å². The van der Waals surface area contributed by atoms with Crippen LogP contribution in [0.5, 0.6) is 5.75 Å². The minimum absolute atomic E-state index is 0.522. The normalized spacial score (nSPS) is 24.4. The Balaban J connectivity index is 1.66. The fraction of sp³-hybridized carbons (Fsp3) is 0.684. The fourth-order valence-corrected chi connectivity index (χ4v) is 4.14. The quantitative estimate of drug-likeness (QED) is 0.815. The molecule has 1 saturated carbocycles. The zero-order chi connectivity index (χ0) is 14.7. The van der Waals surface area contributed by atoms with Crippen LogP contribution in [0.15, 0.2) is 18.2 Å². The van der Waals surface area contributed by atoms with Crippen LogP contribution in [0.3, 0.4) is 0 Å². The van der Waals surface area contributed by atoms with E-state index in [0.29, 0.717) is 12.1 Å². The average Bonchev–Trinajstić information content (AvgIpc) is 2.74. The van der Waals surface area contributed by atoms with E-state index in [1.807, 2.05) is 0 Å². The number of hydrogen-bond donors (Lipinski definition) is 1. The van der Waals surface area contributed by atoms with Crippen molar-refractivity contribution in [1.82, 2.24) is 5.32 Å². The van der Waals surface area contributed by atoms with Gasteiger partial charge in [-0.15, -0.1) is 0 Å². The highest BCUT2D eigenvalue weighted by Gasteiger charge is 2.27. The smallest absolute Gasteiger partial charge is 0.119 e. The molecular formula is C19H29NO. The molecule has 0 spiro atoms. The molecule has 2 atom stereocenters. The van der Waals surface area contributed by atoms with Gasteiger partial charge < -0.3 is 10.1 Å². The summed E-state index contributed by atoms with van der Waals surface area (Å²) in [5, 5.41) is 3.93. The van der Waals surface area contributed by atoms with Gasteiger partial charge in [0.15, 0.2) is 0 Å². The number of rotatable bonds is 4. The van der Waals surface area contributed by atoms with E-state index in [-0.39, 0.29) is 0 Å². The third kappa shape index (κ3) is 3.42. The van der Waals surface area contributed by atoms with Crippen molar-refractivity contribution in [3.63, 3.8) is 0 Å². The summed E-state index contributed by atoms with van der Waals surface area (Å²) in [5.41, 5.74) is 2.97. The zero-order valence-electron chi connectivity index (χ0n) is 13.5. The van der Waals surface area contributed by atoms with Crippen LogP contribution in [0.25, 0.3) is 0 Å². The van der Waals surface area contributed by atoms with Crippen molar-refractivity contribution < 1.29 is 4.74 Å². The molecule has 1 N–H and O–H groups in total. The Hall–Kier alpha value is -1.02. The molecule has 116 valence electrons. The lowest BCUT2D eigenvalue weighted by Crippen LogP contribution is -2.35. The molecule has 0 aromatic heterocycles. The van der Waals surface area contributed by atoms with Crippen molar-refractivity contribution in [1.29, 1.82) is 0 Å². The second-order valence-corrected chi connectivity index (χ2v) is 6.86. The summed E-state index contributed by atoms with van der Waals surface area (Å²) in [6, 6.07) is 7.72. The number of fused-ring (bicyclic) bond motifs is 1. The van der Waals surface area contributed by atoms with Crippen molar-refractivity contribution in [3.8, 4) is 5.75 Å². The highest BCUT2D eigenvalue weighted by molar-refractivity contribution is 5.40. The maximum atomic E-state index is 5.40. The van der Waals surface area contributed by atoms with E-state index < -0.39 is 0 Å². The Labute approximate surface area is 129 Å². The van der Waals surface area contributed by atoms with Gasteiger partial charge in [0.2, 0.25) is 0 Å². The Bertz CT molecular complexity index is 463. The van der Waals surface area contributed by atoms with Crippen LogP contribution in [0.1, 0.15) is 69.0 Å². The molecule has 1 unspecified atom stereocenters. The standard InChI is InChI=1S/C19H29NO/c1-14(15-7-5-3-4-6-8-15)20-19-12-10-16-9-11-17(21-2)13-18(16)19/h9,11,13-15,19-20H,3-8,10,12H2,1-2H3/t14-,19?/m0/s1. The van der Waals surface area contributed by atoms with Gasteiger partial charge in [0.25, 0.3) is 0 Å². The molecule has 0 saturated heterocycles. The zero-order valence-corrected chi connectivity index (χ0v) is 13.5. The van der Waals surface area contributed by atoms with Crippen LogP contribution in [-0.4, -0.2) is 13.2 Å². The Morgan fingerprint density at radius 2 is 1.86 bits per heavy atom. The predicted octanol–water partition coefficient (Wildman–Crippen LogP) is 4.63. The Morgan fingerprint density at radius 1 is 1.10 bits per heavy atom. The van der Waals surface area contributed by atoms with E-state index >= 15 is 0 Å². The van der Waals surface area contributed by atoms with E-state index in [0.717, 1.165) is 11.7 Å². The average molecular weight is 287 g/mol. The fourth-order valence-electron chi connectivity index (χ4n) is 4.14. The number of benzene rings is 1. The molecule has 0 bridgehead atoms. The number of nitrogens with one attached hydrogen (secondary N) is 1. The second-order valence-electron chi connectivity index (χ2n) is 6.86. The monoisotopic (exact) mass is 287 g/mol. The first-order valence-corrected chi connectivity index (χ1v) is 8.71. The summed E-state index contributed by atoms with van der Waals surface area (Å²) in [7, 11) is 1.76. The molecule has 1 fully saturated rings. The predicted molar refractivity (Wildman–Crippen MR) is 87.8 cm³/mol. The van der Waals surface area contributed by atoms with Crippen LogP contribution in [0.2, 0.25) is 0 Å². The molecule has 2 nitrogen and oxygen atoms in total. The number of aryl methyl sites for hydroxylation is 1. The summed E-state index contributed by atoms with van der Waals surface area (Å²) in [6.45, 7) is 2.40. The topological polar surface area (TPSA) is 21.3 Å². The summed E-state index contributed by atoms with van der Waals surface area (Å²) in [5.74, 6) is 1.85. The van der Waals surface area contributed by atoms with Gasteiger partial charge in [-0.2, -0.15) is 0 Å². The van der Waals surface area contributed by atoms with Gasteiger partial charge in [0.1, 0.15) is 5.75 Å². The molecular weight excluding hydrogens is 258 g/mol. The van der Waals surface area contributed by atoms with Gasteiger partial charge in [0.05, 0.1) is 7.11 Å². The van der Waals surface area contributed by atoms with E-state index in [1.54, 1.807) is 7.11 Å². The lowest BCUT2D eigenvalue weighted by molar-refractivity contribution is 0.309. The second kappa shape index (κ2) is 6.83. The van der Waals surface area contributed by atoms with Crippen LogP contribution in [-0.2, 0) is 6.42 Å². The molecule has 0 amide bonds. The van der Waals surface area contributed by atoms with E-state index in [9.17, 15) is 0 Å². The largest absolute Gasteiger partial charge is 0.497 e. The van der Waals surface area contributed by atoms with E-state index in [2.05, 4.69) is 30.4 Å². The highest BCUT2D eigenvalue weighted by atomic mass is 16.5. The molecule has 3 rings (SSSR count). The van der Waals surface area contributed by atoms with Crippen LogP contribution < -0.4 is 10.1 Å². The molecule has 1 aromatic carbocycles. The Morgan fingerprint density at radius 3 is 2.57 bits per heavy atom. The minimum atomic E-state index is 0.522. The molecule has 1 aromatic rings. The van der Waals surface area contributed by atoms with E-state index in [4.69, 9.17) is 4.74 Å². The third-order valence-electron chi connectivity index (χ3n) is 5.50. The maximum absolute atomic E-state index is 5.40. The number of ether oxygens (including phenoxy) is 1. The minimum Gasteiger partial charge on any atom is -0.497 e. The van der Waals surface area contributed by atoms with Crippen LogP contribution in [0, 0.1) is 5.92 Å². The molecule has 21 heavy (non-hydrogen) atoms. The SMILES string of the molecule is COc1ccc2c(c1)C(N[C@@H](C)C1CCCCCC1)CC2. The van der Waals surface area contributed by atoms with Crippen molar-refractivity contribution in [2.24, 2.45) is 5.92 Å². The van der Waals surface area contributed by atoms with Crippen molar-refractivity contribution in [2.75, 3.05) is 7.11 Å². The van der Waals surface area contributed by atoms with Crippen LogP contribution >= 0.6 is 0 Å². The Kier molecular flexibility index (Phi) is 4.84. The summed E-state index contributed by atoms with van der Waals surface area (Å²) in [6.07, 6.45) is 11.0. The highest BCUT2D eigenvalue weighted by Crippen LogP contribution is 2.35. The molecule has 0 aliphatic heterocycles. The molecule has 2 aliphatic carbocycles. The van der Waals surface area contributed by atoms with Crippen molar-refractivity contribution >= 4 is 0 Å². The number of hydrogen-bond acceptors (Lipinski definition) is 2. The van der Waals surface area contributed by atoms with Crippen LogP contribution in [0.4, 0.5) is 0 Å². The summed E-state index contributed by atoms with van der Waals surface area (Å²) in [4.78, 5) is 0. The molecule has 2 heteroatoms. The molecule has 0 radical (unpaired) electrons. The van der Waals surface area contributed by atoms with Gasteiger partial charge in [-0.1, -0.05) is 31.7 Å². The summed E-state index contributed by atoms with van der Waals surface area (Å²) < 4.78 is 5.40. The van der Waals surface area contributed by atoms with Gasteiger partial charge in [-0.05, 0) is 61.8 Å². The van der Waals surface area contributed by atoms with Crippen molar-refractivity contribution in [3.05, 3.63) is 29.3 Å². The molecule has 2 aliphatic rings. The van der Waals surface area contributed by atoms with E-state index in [1.165, 1.54) is 62.5 Å². The maximum Gasteiger partial charge on any atom is 0.119 e. The first-order chi connectivity index (χ1) is 10.3. The third-order valence-corrected chi connectivity index (χ3v) is 5.50. The molecule has 0 heterocycles. The van der Waals surface area contributed by atoms with Gasteiger partial charge in [0, 0.05) is 12.1 Å². The first kappa shape index (κ1) is 14.9. The first-order valence-electron chi connectivity index (χ1n) is 8.71. The lowest BCUT2D eigenvalue weighted by Gasteiger charge is -2.27. The van der Waals surface area contributed by atoms with Gasteiger partial charge in [-0.3, -0.25) is 0 Å². The lowest BCUT2D eigenvalue weighted by atomic mass is 9.92. The van der Waals surface area contributed by atoms with Crippen molar-refractivity contribution in [2.45, 2.75) is 70.4 Å². The summed E-state index contributed by atoms with van der Waals surface area (Å²) >= 11 is 0. The number of methoxy groups -OCH3 is 1.